The summed E-state index contributed by atoms with van der Waals surface area (Å²) in [6, 6.07) is 53.1. The van der Waals surface area contributed by atoms with Crippen molar-refractivity contribution in [1.82, 2.24) is 9.55 Å². The zero-order valence-electron chi connectivity index (χ0n) is 31.1. The maximum Gasteiger partial charge on any atom is 0.135 e. The number of rotatable bonds is 3. The van der Waals surface area contributed by atoms with E-state index in [-0.39, 0.29) is 21.1 Å². The predicted octanol–water partition coefficient (Wildman–Crippen LogP) is 10.4. The Bertz CT molecular complexity index is 3010. The van der Waals surface area contributed by atoms with Crippen LogP contribution >= 0.6 is 0 Å². The van der Waals surface area contributed by atoms with Gasteiger partial charge in [-0.2, -0.15) is 29.3 Å². The van der Waals surface area contributed by atoms with E-state index < -0.39 is 10.8 Å². The summed E-state index contributed by atoms with van der Waals surface area (Å²) in [7, 11) is 2.05. The van der Waals surface area contributed by atoms with Crippen LogP contribution in [-0.4, -0.2) is 16.6 Å². The molecule has 276 valence electrons. The van der Waals surface area contributed by atoms with Crippen LogP contribution in [-0.2, 0) is 31.9 Å². The molecule has 1 spiro atoms. The number of hydrogen-bond acceptors (Lipinski definition) is 6. The Kier molecular flexibility index (Phi) is 7.58. The van der Waals surface area contributed by atoms with Crippen LogP contribution in [0.4, 0.5) is 17.1 Å². The maximum absolute atomic E-state index is 10.3. The first-order chi connectivity index (χ1) is 27.3. The number of benzene rings is 6. The second-order valence-corrected chi connectivity index (χ2v) is 15.2. The number of nitriles is 2. The molecule has 0 saturated heterocycles. The average Bonchev–Trinajstić information content (AvgIpc) is 3.75. The summed E-state index contributed by atoms with van der Waals surface area (Å²) < 4.78 is 8.82. The van der Waals surface area contributed by atoms with Gasteiger partial charge in [0, 0.05) is 66.5 Å². The summed E-state index contributed by atoms with van der Waals surface area (Å²) in [6.07, 6.45) is 1.80. The summed E-state index contributed by atoms with van der Waals surface area (Å²) in [5.74, 6) is 1.89. The third-order valence-corrected chi connectivity index (χ3v) is 12.0. The molecule has 0 atom stereocenters. The van der Waals surface area contributed by atoms with Gasteiger partial charge >= 0.3 is 0 Å². The minimum Gasteiger partial charge on any atom is -0.509 e. The normalized spacial score (nSPS) is 14.9. The van der Waals surface area contributed by atoms with Crippen molar-refractivity contribution >= 4 is 38.9 Å². The van der Waals surface area contributed by atoms with Crippen molar-refractivity contribution in [2.24, 2.45) is 0 Å². The zero-order chi connectivity index (χ0) is 37.9. The van der Waals surface area contributed by atoms with Gasteiger partial charge in [-0.05, 0) is 88.8 Å². The van der Waals surface area contributed by atoms with Crippen molar-refractivity contribution in [3.63, 3.8) is 0 Å². The Morgan fingerprint density at radius 2 is 1.37 bits per heavy atom. The fraction of sp³-hybridized carbons (Fsp3) is 0.102. The van der Waals surface area contributed by atoms with E-state index in [2.05, 4.69) is 138 Å². The standard InChI is InChI=1S/C49H31N6O.Pt/c1-48(2)36-19-14-30(27-50)23-40(36)49(41-24-31(28-51)15-20-37(41)48)38-21-17-33(26-45(38)54-29-53(3)43-12-8-10-39(49)47(43)54)56-32-16-18-35-34-9-4-5-11-42(34)55(44(35)25-32)46-13-6-7-22-52-46;/h4-24,29H,1-3H3;/q-3;. The largest absolute Gasteiger partial charge is 0.509 e. The number of fused-ring (bicyclic) bond motifs is 11. The zero-order valence-corrected chi connectivity index (χ0v) is 33.4. The minimum absolute atomic E-state index is 0. The molecule has 0 unspecified atom stereocenters. The van der Waals surface area contributed by atoms with Crippen molar-refractivity contribution in [1.29, 1.82) is 10.5 Å². The Hall–Kier alpha value is -6.66. The van der Waals surface area contributed by atoms with E-state index in [9.17, 15) is 10.5 Å². The van der Waals surface area contributed by atoms with E-state index in [1.807, 2.05) is 54.6 Å². The molecule has 8 heteroatoms. The summed E-state index contributed by atoms with van der Waals surface area (Å²) >= 11 is 0. The van der Waals surface area contributed by atoms with Gasteiger partial charge in [-0.25, -0.2) is 4.98 Å². The number of para-hydroxylation sites is 2. The summed E-state index contributed by atoms with van der Waals surface area (Å²) in [6.45, 7) is 6.55. The molecule has 0 bridgehead atoms. The Balaban J connectivity index is 0.00000396. The molecule has 0 N–H and O–H groups in total. The van der Waals surface area contributed by atoms with Gasteiger partial charge in [-0.3, -0.25) is 0 Å². The molecule has 7 nitrogen and oxygen atoms in total. The molecule has 0 radical (unpaired) electrons. The number of aromatic nitrogens is 2. The molecule has 2 aliphatic heterocycles. The van der Waals surface area contributed by atoms with Crippen LogP contribution in [0, 0.1) is 41.5 Å². The summed E-state index contributed by atoms with van der Waals surface area (Å²) in [5, 5.41) is 22.7. The monoisotopic (exact) mass is 914 g/mol. The molecule has 3 aliphatic rings. The SMILES string of the molecule is CN1[CH-]N2c3[c-]c(Oc4[c-]c5c(cc4)c4ccccc4n5-c4ccccn4)ccc3C3(c4cc(C#N)ccc4C(C)(C)c4ccc(C#N)cc43)c3cccc1c32.[Pt]. The molecular formula is C49H31N6OPt-3. The van der Waals surface area contributed by atoms with Crippen molar-refractivity contribution in [3.8, 4) is 29.5 Å². The average molecular weight is 915 g/mol. The van der Waals surface area contributed by atoms with Crippen LogP contribution in [0.2, 0.25) is 0 Å². The summed E-state index contributed by atoms with van der Waals surface area (Å²) in [5.41, 5.74) is 11.1. The van der Waals surface area contributed by atoms with E-state index in [4.69, 9.17) is 4.74 Å². The Labute approximate surface area is 344 Å². The van der Waals surface area contributed by atoms with E-state index >= 15 is 0 Å². The predicted molar refractivity (Wildman–Crippen MR) is 217 cm³/mol. The first kappa shape index (κ1) is 34.8. The van der Waals surface area contributed by atoms with E-state index in [0.717, 1.165) is 78.1 Å². The van der Waals surface area contributed by atoms with E-state index in [1.54, 1.807) is 6.20 Å². The van der Waals surface area contributed by atoms with E-state index in [1.165, 1.54) is 0 Å². The number of pyridine rings is 1. The van der Waals surface area contributed by atoms with Gasteiger partial charge in [0.2, 0.25) is 0 Å². The van der Waals surface area contributed by atoms with Crippen LogP contribution in [0.1, 0.15) is 58.4 Å². The molecule has 11 rings (SSSR count). The molecule has 57 heavy (non-hydrogen) atoms. The van der Waals surface area contributed by atoms with Crippen molar-refractivity contribution < 1.29 is 25.8 Å². The molecule has 8 aromatic rings. The number of ether oxygens (including phenoxy) is 1. The maximum atomic E-state index is 10.3. The van der Waals surface area contributed by atoms with Gasteiger partial charge in [0.15, 0.2) is 0 Å². The molecule has 0 saturated carbocycles. The van der Waals surface area contributed by atoms with Crippen LogP contribution in [0.15, 0.2) is 128 Å². The van der Waals surface area contributed by atoms with Crippen LogP contribution < -0.4 is 14.5 Å². The molecule has 0 fully saturated rings. The molecular weight excluding hydrogens is 884 g/mol. The molecule has 1 aliphatic carbocycles. The fourth-order valence-corrected chi connectivity index (χ4v) is 9.58. The first-order valence-corrected chi connectivity index (χ1v) is 18.5. The van der Waals surface area contributed by atoms with Gasteiger partial charge in [-0.15, -0.1) is 35.2 Å². The van der Waals surface area contributed by atoms with E-state index in [0.29, 0.717) is 22.6 Å². The Morgan fingerprint density at radius 1 is 0.684 bits per heavy atom. The fourth-order valence-electron chi connectivity index (χ4n) is 9.58. The van der Waals surface area contributed by atoms with Gasteiger partial charge in [0.1, 0.15) is 5.82 Å². The number of hydrogen-bond donors (Lipinski definition) is 0. The minimum atomic E-state index is -0.875. The smallest absolute Gasteiger partial charge is 0.135 e. The van der Waals surface area contributed by atoms with Crippen LogP contribution in [0.3, 0.4) is 0 Å². The first-order valence-electron chi connectivity index (χ1n) is 18.5. The second kappa shape index (κ2) is 12.4. The third kappa shape index (κ3) is 4.64. The van der Waals surface area contributed by atoms with Gasteiger partial charge < -0.3 is 19.1 Å². The van der Waals surface area contributed by atoms with Gasteiger partial charge in [0.05, 0.1) is 23.3 Å². The van der Waals surface area contributed by atoms with Gasteiger partial charge in [0.25, 0.3) is 0 Å². The second-order valence-electron chi connectivity index (χ2n) is 15.2. The number of nitrogens with zero attached hydrogens (tertiary/aromatic N) is 6. The molecule has 4 heterocycles. The Morgan fingerprint density at radius 3 is 2.09 bits per heavy atom. The van der Waals surface area contributed by atoms with Crippen molar-refractivity contribution in [2.75, 3.05) is 16.8 Å². The van der Waals surface area contributed by atoms with Crippen molar-refractivity contribution in [2.45, 2.75) is 24.7 Å². The summed E-state index contributed by atoms with van der Waals surface area (Å²) in [4.78, 5) is 9.01. The molecule has 0 amide bonds. The van der Waals surface area contributed by atoms with Crippen LogP contribution in [0.5, 0.6) is 11.5 Å². The molecule has 6 aromatic carbocycles. The van der Waals surface area contributed by atoms with Crippen LogP contribution in [0.25, 0.3) is 27.6 Å². The molecule has 2 aromatic heterocycles. The van der Waals surface area contributed by atoms with Crippen molar-refractivity contribution in [3.05, 3.63) is 191 Å². The third-order valence-electron chi connectivity index (χ3n) is 12.0. The topological polar surface area (TPSA) is 81.1 Å². The van der Waals surface area contributed by atoms with Gasteiger partial charge in [-0.1, -0.05) is 73.6 Å². The number of anilines is 3. The quantitative estimate of drug-likeness (QED) is 0.164.